The Morgan fingerprint density at radius 1 is 1.23 bits per heavy atom. The molecule has 0 amide bonds. The molecule has 0 aliphatic heterocycles. The van der Waals surface area contributed by atoms with Gasteiger partial charge < -0.3 is 13.9 Å². The first-order valence-electron chi connectivity index (χ1n) is 10.6. The van der Waals surface area contributed by atoms with Gasteiger partial charge in [-0.25, -0.2) is 4.79 Å². The Hall–Kier alpha value is -2.56. The Labute approximate surface area is 178 Å². The fourth-order valence-corrected chi connectivity index (χ4v) is 5.00. The predicted molar refractivity (Wildman–Crippen MR) is 118 cm³/mol. The van der Waals surface area contributed by atoms with Crippen LogP contribution < -0.4 is 10.4 Å². The predicted octanol–water partition coefficient (Wildman–Crippen LogP) is 5.51. The second-order valence-corrected chi connectivity index (χ2v) is 8.86. The SMILES string of the molecule is COC(=O)CC[C@]1(C)C(=C(C)C)CC[C@@H](C)[C@H]1COc1ccc2ccc(=O)oc2c1. The van der Waals surface area contributed by atoms with Gasteiger partial charge in [0.2, 0.25) is 0 Å². The number of ether oxygens (including phenoxy) is 2. The molecule has 1 aromatic carbocycles. The first-order chi connectivity index (χ1) is 14.2. The van der Waals surface area contributed by atoms with Gasteiger partial charge in [0.15, 0.2) is 0 Å². The zero-order valence-corrected chi connectivity index (χ0v) is 18.6. The van der Waals surface area contributed by atoms with Crippen molar-refractivity contribution in [2.24, 2.45) is 17.3 Å². The summed E-state index contributed by atoms with van der Waals surface area (Å²) in [5, 5.41) is 0.864. The topological polar surface area (TPSA) is 65.7 Å². The van der Waals surface area contributed by atoms with Crippen molar-refractivity contribution in [3.05, 3.63) is 51.9 Å². The number of carbonyl (C=O) groups is 1. The van der Waals surface area contributed by atoms with Gasteiger partial charge in [0, 0.05) is 29.9 Å². The molecular weight excluding hydrogens is 380 g/mol. The highest BCUT2D eigenvalue weighted by Crippen LogP contribution is 2.52. The van der Waals surface area contributed by atoms with E-state index in [0.717, 1.165) is 24.6 Å². The number of hydrogen-bond donors (Lipinski definition) is 0. The lowest BCUT2D eigenvalue weighted by atomic mass is 9.58. The highest BCUT2D eigenvalue weighted by atomic mass is 16.5. The van der Waals surface area contributed by atoms with Crippen molar-refractivity contribution in [1.29, 1.82) is 0 Å². The van der Waals surface area contributed by atoms with Crippen LogP contribution in [0.15, 0.2) is 50.7 Å². The molecule has 0 N–H and O–H groups in total. The maximum Gasteiger partial charge on any atom is 0.336 e. The molecule has 1 aromatic heterocycles. The van der Waals surface area contributed by atoms with E-state index in [4.69, 9.17) is 13.9 Å². The smallest absolute Gasteiger partial charge is 0.336 e. The standard InChI is InChI=1S/C25H32O5/c1-16(2)20-10-6-17(3)21(25(20,4)13-12-23(26)28-5)15-29-19-9-7-18-8-11-24(27)30-22(18)14-19/h7-9,11,14,17,21H,6,10,12-13,15H2,1-5H3/t17-,21-,25-/m1/s1. The first kappa shape index (κ1) is 22.1. The van der Waals surface area contributed by atoms with Crippen LogP contribution in [0, 0.1) is 17.3 Å². The molecule has 5 nitrogen and oxygen atoms in total. The van der Waals surface area contributed by atoms with E-state index in [1.54, 1.807) is 12.1 Å². The largest absolute Gasteiger partial charge is 0.493 e. The van der Waals surface area contributed by atoms with Gasteiger partial charge in [-0.2, -0.15) is 0 Å². The zero-order chi connectivity index (χ0) is 21.9. The Morgan fingerprint density at radius 3 is 2.67 bits per heavy atom. The van der Waals surface area contributed by atoms with Crippen LogP contribution >= 0.6 is 0 Å². The number of methoxy groups -OCH3 is 1. The minimum absolute atomic E-state index is 0.131. The molecule has 0 bridgehead atoms. The molecule has 1 heterocycles. The van der Waals surface area contributed by atoms with Crippen LogP contribution in [0.1, 0.15) is 53.4 Å². The second kappa shape index (κ2) is 9.07. The Kier molecular flexibility index (Phi) is 6.69. The third kappa shape index (κ3) is 4.61. The molecule has 1 fully saturated rings. The fraction of sp³-hybridized carbons (Fsp3) is 0.520. The van der Waals surface area contributed by atoms with E-state index in [1.807, 2.05) is 12.1 Å². The third-order valence-electron chi connectivity index (χ3n) is 6.75. The number of rotatable bonds is 6. The molecule has 5 heteroatoms. The molecule has 2 aromatic rings. The molecule has 0 spiro atoms. The van der Waals surface area contributed by atoms with Crippen molar-refractivity contribution in [2.45, 2.75) is 53.4 Å². The van der Waals surface area contributed by atoms with Gasteiger partial charge in [-0.3, -0.25) is 4.79 Å². The van der Waals surface area contributed by atoms with E-state index >= 15 is 0 Å². The number of allylic oxidation sites excluding steroid dienone is 2. The van der Waals surface area contributed by atoms with Crippen LogP contribution in [-0.2, 0) is 9.53 Å². The van der Waals surface area contributed by atoms with Gasteiger partial charge in [-0.05, 0) is 62.6 Å². The monoisotopic (exact) mass is 412 g/mol. The summed E-state index contributed by atoms with van der Waals surface area (Å²) in [6.45, 7) is 9.39. The van der Waals surface area contributed by atoms with Gasteiger partial charge in [-0.1, -0.05) is 25.0 Å². The number of esters is 1. The van der Waals surface area contributed by atoms with Crippen molar-refractivity contribution >= 4 is 16.9 Å². The summed E-state index contributed by atoms with van der Waals surface area (Å²) in [6, 6.07) is 8.75. The summed E-state index contributed by atoms with van der Waals surface area (Å²) in [6.07, 6.45) is 3.30. The maximum atomic E-state index is 11.9. The van der Waals surface area contributed by atoms with Crippen molar-refractivity contribution < 1.29 is 18.7 Å². The molecule has 0 unspecified atom stereocenters. The molecular formula is C25H32O5. The maximum absolute atomic E-state index is 11.9. The van der Waals surface area contributed by atoms with E-state index in [0.29, 0.717) is 30.3 Å². The van der Waals surface area contributed by atoms with Crippen LogP contribution in [0.2, 0.25) is 0 Å². The number of carbonyl (C=O) groups excluding carboxylic acids is 1. The minimum Gasteiger partial charge on any atom is -0.493 e. The molecule has 1 saturated carbocycles. The first-order valence-corrected chi connectivity index (χ1v) is 10.6. The van der Waals surface area contributed by atoms with Crippen molar-refractivity contribution in [3.8, 4) is 5.75 Å². The van der Waals surface area contributed by atoms with Crippen molar-refractivity contribution in [1.82, 2.24) is 0 Å². The van der Waals surface area contributed by atoms with E-state index in [-0.39, 0.29) is 22.9 Å². The van der Waals surface area contributed by atoms with E-state index in [1.165, 1.54) is 24.3 Å². The van der Waals surface area contributed by atoms with Crippen LogP contribution in [0.5, 0.6) is 5.75 Å². The molecule has 3 atom stereocenters. The Bertz CT molecular complexity index is 998. The summed E-state index contributed by atoms with van der Waals surface area (Å²) in [4.78, 5) is 23.4. The molecule has 1 aliphatic rings. The van der Waals surface area contributed by atoms with Crippen LogP contribution in [-0.4, -0.2) is 19.7 Å². The second-order valence-electron chi connectivity index (χ2n) is 8.86. The average Bonchev–Trinajstić information content (AvgIpc) is 2.71. The summed E-state index contributed by atoms with van der Waals surface area (Å²) >= 11 is 0. The van der Waals surface area contributed by atoms with Crippen LogP contribution in [0.4, 0.5) is 0 Å². The molecule has 30 heavy (non-hydrogen) atoms. The van der Waals surface area contributed by atoms with E-state index in [9.17, 15) is 9.59 Å². The van der Waals surface area contributed by atoms with Gasteiger partial charge in [0.1, 0.15) is 11.3 Å². The highest BCUT2D eigenvalue weighted by Gasteiger charge is 2.44. The summed E-state index contributed by atoms with van der Waals surface area (Å²) in [5.74, 6) is 1.24. The van der Waals surface area contributed by atoms with Crippen LogP contribution in [0.3, 0.4) is 0 Å². The molecule has 162 valence electrons. The van der Waals surface area contributed by atoms with Gasteiger partial charge >= 0.3 is 11.6 Å². The van der Waals surface area contributed by atoms with Crippen LogP contribution in [0.25, 0.3) is 11.0 Å². The van der Waals surface area contributed by atoms with Crippen molar-refractivity contribution in [2.75, 3.05) is 13.7 Å². The van der Waals surface area contributed by atoms with Gasteiger partial charge in [0.05, 0.1) is 13.7 Å². The molecule has 3 rings (SSSR count). The minimum atomic E-state index is -0.371. The normalized spacial score (nSPS) is 24.0. The molecule has 1 aliphatic carbocycles. The van der Waals surface area contributed by atoms with Gasteiger partial charge in [-0.15, -0.1) is 0 Å². The Balaban J connectivity index is 1.85. The molecule has 0 saturated heterocycles. The quantitative estimate of drug-likeness (QED) is 0.355. The van der Waals surface area contributed by atoms with E-state index in [2.05, 4.69) is 27.7 Å². The fourth-order valence-electron chi connectivity index (χ4n) is 5.00. The number of fused-ring (bicyclic) bond motifs is 1. The lowest BCUT2D eigenvalue weighted by Crippen LogP contribution is -2.42. The third-order valence-corrected chi connectivity index (χ3v) is 6.75. The average molecular weight is 413 g/mol. The lowest BCUT2D eigenvalue weighted by Gasteiger charge is -2.48. The molecule has 0 radical (unpaired) electrons. The van der Waals surface area contributed by atoms with Gasteiger partial charge in [0.25, 0.3) is 0 Å². The summed E-state index contributed by atoms with van der Waals surface area (Å²) in [7, 11) is 1.44. The van der Waals surface area contributed by atoms with E-state index < -0.39 is 0 Å². The zero-order valence-electron chi connectivity index (χ0n) is 18.6. The Morgan fingerprint density at radius 2 is 1.97 bits per heavy atom. The number of benzene rings is 1. The van der Waals surface area contributed by atoms with Crippen molar-refractivity contribution in [3.63, 3.8) is 0 Å². The summed E-state index contributed by atoms with van der Waals surface area (Å²) < 4.78 is 16.4. The summed E-state index contributed by atoms with van der Waals surface area (Å²) in [5.41, 5.74) is 2.78. The highest BCUT2D eigenvalue weighted by molar-refractivity contribution is 5.77. The number of hydrogen-bond acceptors (Lipinski definition) is 5. The lowest BCUT2D eigenvalue weighted by molar-refractivity contribution is -0.141.